The molecule has 6 nitrogen and oxygen atoms in total. The third-order valence-corrected chi connectivity index (χ3v) is 6.04. The normalized spacial score (nSPS) is 12.4. The molecular weight excluding hydrogens is 453 g/mol. The summed E-state index contributed by atoms with van der Waals surface area (Å²) >= 11 is 7.64. The fourth-order valence-electron chi connectivity index (χ4n) is 3.04. The zero-order chi connectivity index (χ0) is 22.8. The van der Waals surface area contributed by atoms with Crippen molar-refractivity contribution >= 4 is 40.9 Å². The van der Waals surface area contributed by atoms with Crippen LogP contribution in [0.5, 0.6) is 5.75 Å². The standard InChI is InChI=1S/C23H17ClFN3O3S/c1-13-18(22(24)28(27-13)16-7-5-15(25)6-8-16)11-20-23(30)26-21(32-20)12-19(29)14-3-9-17(31-2)10-4-14/h3-12H,1-2H3,(H,26,30)/b20-11-,21-12-. The minimum absolute atomic E-state index is 0.241. The molecule has 0 bridgehead atoms. The van der Waals surface area contributed by atoms with Gasteiger partial charge in [0.2, 0.25) is 0 Å². The predicted octanol–water partition coefficient (Wildman–Crippen LogP) is 3.22. The molecule has 0 atom stereocenters. The number of hydrogen-bond acceptors (Lipinski definition) is 5. The largest absolute Gasteiger partial charge is 0.497 e. The Morgan fingerprint density at radius 3 is 2.53 bits per heavy atom. The Hall–Kier alpha value is -3.49. The second-order valence-electron chi connectivity index (χ2n) is 6.84. The number of rotatable bonds is 5. The molecule has 4 rings (SSSR count). The van der Waals surface area contributed by atoms with E-state index in [2.05, 4.69) is 10.1 Å². The number of nitrogens with zero attached hydrogens (tertiary/aromatic N) is 2. The molecule has 0 aliphatic rings. The van der Waals surface area contributed by atoms with Gasteiger partial charge in [-0.1, -0.05) is 11.6 Å². The van der Waals surface area contributed by atoms with Crippen molar-refractivity contribution in [3.8, 4) is 11.4 Å². The molecule has 0 aliphatic heterocycles. The summed E-state index contributed by atoms with van der Waals surface area (Å²) < 4.78 is 20.6. The highest BCUT2D eigenvalue weighted by Gasteiger charge is 2.13. The maximum atomic E-state index is 13.2. The number of halogens is 2. The molecule has 4 aromatic rings. The quantitative estimate of drug-likeness (QED) is 0.455. The average molecular weight is 470 g/mol. The summed E-state index contributed by atoms with van der Waals surface area (Å²) in [4.78, 5) is 27.6. The molecule has 0 unspecified atom stereocenters. The van der Waals surface area contributed by atoms with Crippen molar-refractivity contribution in [1.82, 2.24) is 14.8 Å². The summed E-state index contributed by atoms with van der Waals surface area (Å²) in [5.74, 6) is 0.0464. The SMILES string of the molecule is COc1ccc(C(=O)/C=c2/[nH]c(=O)/c(=C/c3c(C)nn(-c4ccc(F)cc4)c3Cl)s2)cc1. The molecule has 0 amide bonds. The number of aromatic nitrogens is 3. The number of methoxy groups -OCH3 is 1. The first-order valence-corrected chi connectivity index (χ1v) is 10.7. The average Bonchev–Trinajstić information content (AvgIpc) is 3.27. The Kier molecular flexibility index (Phi) is 6.07. The summed E-state index contributed by atoms with van der Waals surface area (Å²) in [7, 11) is 1.55. The Morgan fingerprint density at radius 2 is 1.88 bits per heavy atom. The van der Waals surface area contributed by atoms with Crippen molar-refractivity contribution in [2.45, 2.75) is 6.92 Å². The van der Waals surface area contributed by atoms with Crippen LogP contribution >= 0.6 is 22.9 Å². The number of ether oxygens (including phenoxy) is 1. The van der Waals surface area contributed by atoms with Gasteiger partial charge in [0, 0.05) is 17.2 Å². The second-order valence-corrected chi connectivity index (χ2v) is 8.29. The van der Waals surface area contributed by atoms with Crippen LogP contribution in [0.2, 0.25) is 5.15 Å². The van der Waals surface area contributed by atoms with Crippen LogP contribution in [0.3, 0.4) is 0 Å². The fraction of sp³-hybridized carbons (Fsp3) is 0.0870. The predicted molar refractivity (Wildman–Crippen MR) is 123 cm³/mol. The topological polar surface area (TPSA) is 77.0 Å². The summed E-state index contributed by atoms with van der Waals surface area (Å²) in [6.07, 6.45) is 3.00. The lowest BCUT2D eigenvalue weighted by Crippen LogP contribution is -2.20. The zero-order valence-electron chi connectivity index (χ0n) is 17.1. The van der Waals surface area contributed by atoms with Gasteiger partial charge in [-0.05, 0) is 61.5 Å². The molecule has 2 aromatic carbocycles. The van der Waals surface area contributed by atoms with Crippen molar-refractivity contribution in [2.24, 2.45) is 0 Å². The van der Waals surface area contributed by atoms with Gasteiger partial charge in [-0.25, -0.2) is 9.07 Å². The van der Waals surface area contributed by atoms with Crippen LogP contribution in [0, 0.1) is 12.7 Å². The number of aromatic amines is 1. The van der Waals surface area contributed by atoms with Gasteiger partial charge in [0.25, 0.3) is 5.56 Å². The minimum atomic E-state index is -0.362. The van der Waals surface area contributed by atoms with Gasteiger partial charge in [-0.3, -0.25) is 9.59 Å². The molecule has 0 spiro atoms. The van der Waals surface area contributed by atoms with Crippen molar-refractivity contribution in [3.05, 3.63) is 95.9 Å². The Morgan fingerprint density at radius 1 is 1.19 bits per heavy atom. The molecule has 0 fully saturated rings. The lowest BCUT2D eigenvalue weighted by Gasteiger charge is -2.02. The van der Waals surface area contributed by atoms with Gasteiger partial charge in [-0.15, -0.1) is 11.3 Å². The molecule has 0 saturated carbocycles. The maximum absolute atomic E-state index is 13.2. The van der Waals surface area contributed by atoms with E-state index in [0.29, 0.717) is 42.6 Å². The van der Waals surface area contributed by atoms with E-state index in [9.17, 15) is 14.0 Å². The fourth-order valence-corrected chi connectivity index (χ4v) is 4.24. The van der Waals surface area contributed by atoms with E-state index in [4.69, 9.17) is 16.3 Å². The van der Waals surface area contributed by atoms with Crippen LogP contribution < -0.4 is 19.5 Å². The number of carbonyl (C=O) groups is 1. The van der Waals surface area contributed by atoms with E-state index in [-0.39, 0.29) is 17.2 Å². The van der Waals surface area contributed by atoms with Crippen LogP contribution in [-0.4, -0.2) is 27.7 Å². The Labute approximate surface area is 190 Å². The van der Waals surface area contributed by atoms with Crippen molar-refractivity contribution < 1.29 is 13.9 Å². The number of carbonyl (C=O) groups excluding carboxylic acids is 1. The molecule has 0 saturated heterocycles. The van der Waals surface area contributed by atoms with Gasteiger partial charge in [0.05, 0.1) is 27.7 Å². The van der Waals surface area contributed by atoms with E-state index in [1.165, 1.54) is 22.9 Å². The molecule has 0 aliphatic carbocycles. The summed E-state index contributed by atoms with van der Waals surface area (Å²) in [6, 6.07) is 12.5. The zero-order valence-corrected chi connectivity index (χ0v) is 18.6. The molecule has 1 N–H and O–H groups in total. The highest BCUT2D eigenvalue weighted by Crippen LogP contribution is 2.24. The lowest BCUT2D eigenvalue weighted by atomic mass is 10.1. The van der Waals surface area contributed by atoms with E-state index in [1.54, 1.807) is 56.5 Å². The van der Waals surface area contributed by atoms with E-state index in [1.807, 2.05) is 0 Å². The van der Waals surface area contributed by atoms with Gasteiger partial charge in [-0.2, -0.15) is 5.10 Å². The highest BCUT2D eigenvalue weighted by molar-refractivity contribution is 7.07. The monoisotopic (exact) mass is 469 g/mol. The number of nitrogens with one attached hydrogen (secondary N) is 1. The van der Waals surface area contributed by atoms with Gasteiger partial charge in [0.15, 0.2) is 5.78 Å². The highest BCUT2D eigenvalue weighted by atomic mass is 35.5. The van der Waals surface area contributed by atoms with E-state index in [0.717, 1.165) is 11.3 Å². The number of thiazole rings is 1. The smallest absolute Gasteiger partial charge is 0.266 e. The van der Waals surface area contributed by atoms with Crippen LogP contribution in [0.25, 0.3) is 17.8 Å². The van der Waals surface area contributed by atoms with E-state index < -0.39 is 0 Å². The number of ketones is 1. The molecule has 32 heavy (non-hydrogen) atoms. The van der Waals surface area contributed by atoms with Crippen molar-refractivity contribution in [1.29, 1.82) is 0 Å². The summed E-state index contributed by atoms with van der Waals surface area (Å²) in [5.41, 5.74) is 1.90. The Bertz CT molecular complexity index is 1470. The number of H-pyrrole nitrogens is 1. The minimum Gasteiger partial charge on any atom is -0.497 e. The second kappa shape index (κ2) is 8.94. The van der Waals surface area contributed by atoms with Gasteiger partial charge < -0.3 is 9.72 Å². The molecule has 162 valence electrons. The third-order valence-electron chi connectivity index (χ3n) is 4.71. The van der Waals surface area contributed by atoms with Crippen LogP contribution in [0.1, 0.15) is 21.6 Å². The first kappa shape index (κ1) is 21.7. The van der Waals surface area contributed by atoms with Crippen LogP contribution in [0.15, 0.2) is 53.3 Å². The lowest BCUT2D eigenvalue weighted by molar-refractivity contribution is 0.106. The summed E-state index contributed by atoms with van der Waals surface area (Å²) in [6.45, 7) is 1.76. The van der Waals surface area contributed by atoms with Crippen LogP contribution in [-0.2, 0) is 0 Å². The first-order valence-electron chi connectivity index (χ1n) is 9.48. The number of Topliss-reactive ketones (excluding diaryl/α,β-unsaturated/α-hetero) is 1. The van der Waals surface area contributed by atoms with Crippen molar-refractivity contribution in [3.63, 3.8) is 0 Å². The number of hydrogen-bond donors (Lipinski definition) is 1. The van der Waals surface area contributed by atoms with Crippen LogP contribution in [0.4, 0.5) is 4.39 Å². The molecular formula is C23H17ClFN3O3S. The first-order chi connectivity index (χ1) is 15.4. The Balaban J connectivity index is 1.70. The van der Waals surface area contributed by atoms with Gasteiger partial charge in [0.1, 0.15) is 16.7 Å². The maximum Gasteiger partial charge on any atom is 0.266 e. The number of aryl methyl sites for hydroxylation is 1. The number of benzene rings is 2. The summed E-state index contributed by atoms with van der Waals surface area (Å²) in [5, 5.41) is 4.69. The van der Waals surface area contributed by atoms with E-state index >= 15 is 0 Å². The molecule has 2 heterocycles. The molecule has 0 radical (unpaired) electrons. The van der Waals surface area contributed by atoms with Crippen molar-refractivity contribution in [2.75, 3.05) is 7.11 Å². The van der Waals surface area contributed by atoms with Gasteiger partial charge >= 0.3 is 0 Å². The molecule has 9 heteroatoms. The molecule has 2 aromatic heterocycles. The third kappa shape index (κ3) is 4.42.